The summed E-state index contributed by atoms with van der Waals surface area (Å²) in [6, 6.07) is -0.882. The first kappa shape index (κ1) is 17.3. The molecule has 20 heavy (non-hydrogen) atoms. The monoisotopic (exact) mass is 291 g/mol. The van der Waals surface area contributed by atoms with Gasteiger partial charge in [0.2, 0.25) is 5.91 Å². The van der Waals surface area contributed by atoms with Crippen LogP contribution in [0.15, 0.2) is 0 Å². The van der Waals surface area contributed by atoms with E-state index in [0.29, 0.717) is 6.61 Å². The molecule has 7 nitrogen and oxygen atoms in total. The van der Waals surface area contributed by atoms with Crippen molar-refractivity contribution in [3.63, 3.8) is 0 Å². The van der Waals surface area contributed by atoms with E-state index in [0.717, 1.165) is 0 Å². The van der Waals surface area contributed by atoms with Crippen LogP contribution in [0.1, 0.15) is 27.7 Å². The van der Waals surface area contributed by atoms with Crippen LogP contribution in [0.3, 0.4) is 0 Å². The smallest absolute Gasteiger partial charge is 0.217 e. The van der Waals surface area contributed by atoms with Crippen molar-refractivity contribution in [2.45, 2.75) is 58.3 Å². The Kier molecular flexibility index (Phi) is 5.91. The van der Waals surface area contributed by atoms with E-state index in [2.05, 4.69) is 5.32 Å². The number of carbonyl (C=O) groups is 1. The first-order chi connectivity index (χ1) is 9.15. The van der Waals surface area contributed by atoms with E-state index in [1.165, 1.54) is 6.92 Å². The zero-order valence-corrected chi connectivity index (χ0v) is 12.4. The molecule has 1 saturated heterocycles. The maximum atomic E-state index is 11.2. The molecule has 1 amide bonds. The SMILES string of the molecule is CC(=O)NC1C(OCC(C)(C)C)OC(CO)C(O)C1O. The highest BCUT2D eigenvalue weighted by molar-refractivity contribution is 5.73. The summed E-state index contributed by atoms with van der Waals surface area (Å²) in [6.07, 6.45) is -4.42. The lowest BCUT2D eigenvalue weighted by Crippen LogP contribution is -2.64. The number of carbonyl (C=O) groups excluding carboxylic acids is 1. The third-order valence-corrected chi connectivity index (χ3v) is 2.93. The van der Waals surface area contributed by atoms with Gasteiger partial charge in [-0.15, -0.1) is 0 Å². The quantitative estimate of drug-likeness (QED) is 0.529. The van der Waals surface area contributed by atoms with Crippen LogP contribution in [0.5, 0.6) is 0 Å². The largest absolute Gasteiger partial charge is 0.394 e. The van der Waals surface area contributed by atoms with E-state index in [-0.39, 0.29) is 11.3 Å². The fourth-order valence-electron chi connectivity index (χ4n) is 1.95. The number of ether oxygens (including phenoxy) is 2. The van der Waals surface area contributed by atoms with Crippen molar-refractivity contribution in [3.05, 3.63) is 0 Å². The molecule has 118 valence electrons. The summed E-state index contributed by atoms with van der Waals surface area (Å²) >= 11 is 0. The summed E-state index contributed by atoms with van der Waals surface area (Å²) in [4.78, 5) is 11.2. The van der Waals surface area contributed by atoms with Crippen molar-refractivity contribution < 1.29 is 29.6 Å². The standard InChI is InChI=1S/C13H25NO6/c1-7(16)14-9-11(18)10(17)8(5-15)20-12(9)19-6-13(2,3)4/h8-12,15,17-18H,5-6H2,1-4H3,(H,14,16). The Morgan fingerprint density at radius 2 is 1.90 bits per heavy atom. The van der Waals surface area contributed by atoms with Gasteiger partial charge >= 0.3 is 0 Å². The van der Waals surface area contributed by atoms with Crippen molar-refractivity contribution in [2.75, 3.05) is 13.2 Å². The van der Waals surface area contributed by atoms with Gasteiger partial charge in [-0.2, -0.15) is 0 Å². The van der Waals surface area contributed by atoms with Crippen LogP contribution in [0, 0.1) is 5.41 Å². The Morgan fingerprint density at radius 1 is 1.30 bits per heavy atom. The molecule has 1 heterocycles. The van der Waals surface area contributed by atoms with Crippen LogP contribution < -0.4 is 5.32 Å². The topological polar surface area (TPSA) is 108 Å². The normalized spacial score (nSPS) is 34.9. The van der Waals surface area contributed by atoms with Gasteiger partial charge < -0.3 is 30.1 Å². The lowest BCUT2D eigenvalue weighted by Gasteiger charge is -2.42. The third-order valence-electron chi connectivity index (χ3n) is 2.93. The van der Waals surface area contributed by atoms with Crippen molar-refractivity contribution in [3.8, 4) is 0 Å². The van der Waals surface area contributed by atoms with Gasteiger partial charge in [0.05, 0.1) is 13.2 Å². The number of hydrogen-bond acceptors (Lipinski definition) is 6. The number of amides is 1. The first-order valence-electron chi connectivity index (χ1n) is 6.67. The number of nitrogens with one attached hydrogen (secondary N) is 1. The van der Waals surface area contributed by atoms with Gasteiger partial charge in [0.1, 0.15) is 24.4 Å². The summed E-state index contributed by atoms with van der Waals surface area (Å²) in [5.74, 6) is -0.364. The van der Waals surface area contributed by atoms with Crippen LogP contribution in [-0.4, -0.2) is 65.1 Å². The van der Waals surface area contributed by atoms with Crippen LogP contribution in [0.25, 0.3) is 0 Å². The molecule has 7 heteroatoms. The molecule has 0 bridgehead atoms. The average Bonchev–Trinajstić information content (AvgIpc) is 2.32. The second-order valence-electron chi connectivity index (χ2n) is 6.30. The Labute approximate surface area is 118 Å². The van der Waals surface area contributed by atoms with Gasteiger partial charge in [-0.05, 0) is 5.41 Å². The Morgan fingerprint density at radius 3 is 2.35 bits per heavy atom. The lowest BCUT2D eigenvalue weighted by atomic mass is 9.96. The van der Waals surface area contributed by atoms with Gasteiger partial charge in [0.15, 0.2) is 6.29 Å². The molecule has 0 aromatic carbocycles. The van der Waals surface area contributed by atoms with Crippen LogP contribution in [0.2, 0.25) is 0 Å². The summed E-state index contributed by atoms with van der Waals surface area (Å²) in [7, 11) is 0. The van der Waals surface area contributed by atoms with E-state index >= 15 is 0 Å². The molecule has 1 aliphatic rings. The fourth-order valence-corrected chi connectivity index (χ4v) is 1.95. The van der Waals surface area contributed by atoms with E-state index < -0.39 is 37.3 Å². The Bertz CT molecular complexity index is 329. The molecule has 0 saturated carbocycles. The fraction of sp³-hybridized carbons (Fsp3) is 0.923. The molecule has 5 atom stereocenters. The number of aliphatic hydroxyl groups excluding tert-OH is 3. The zero-order valence-electron chi connectivity index (χ0n) is 12.4. The Hall–Kier alpha value is -0.730. The minimum Gasteiger partial charge on any atom is -0.394 e. The van der Waals surface area contributed by atoms with Gasteiger partial charge in [0.25, 0.3) is 0 Å². The van der Waals surface area contributed by atoms with E-state index in [1.54, 1.807) is 0 Å². The first-order valence-corrected chi connectivity index (χ1v) is 6.67. The maximum Gasteiger partial charge on any atom is 0.217 e. The molecule has 0 spiro atoms. The van der Waals surface area contributed by atoms with Crippen molar-refractivity contribution in [2.24, 2.45) is 5.41 Å². The van der Waals surface area contributed by atoms with Crippen molar-refractivity contribution in [1.82, 2.24) is 5.32 Å². The molecular formula is C13H25NO6. The molecule has 5 unspecified atom stereocenters. The highest BCUT2D eigenvalue weighted by Gasteiger charge is 2.45. The summed E-state index contributed by atoms with van der Waals surface area (Å²) in [5, 5.41) is 31.5. The predicted molar refractivity (Wildman–Crippen MR) is 70.8 cm³/mol. The molecule has 0 aromatic heterocycles. The molecule has 0 aromatic rings. The zero-order chi connectivity index (χ0) is 15.5. The second-order valence-corrected chi connectivity index (χ2v) is 6.30. The molecule has 0 aliphatic carbocycles. The molecule has 1 aliphatic heterocycles. The number of hydrogen-bond donors (Lipinski definition) is 4. The lowest BCUT2D eigenvalue weighted by molar-refractivity contribution is -0.274. The summed E-state index contributed by atoms with van der Waals surface area (Å²) < 4.78 is 11.0. The van der Waals surface area contributed by atoms with Crippen LogP contribution >= 0.6 is 0 Å². The van der Waals surface area contributed by atoms with E-state index in [1.807, 2.05) is 20.8 Å². The van der Waals surface area contributed by atoms with E-state index in [4.69, 9.17) is 14.6 Å². The summed E-state index contributed by atoms with van der Waals surface area (Å²) in [5.41, 5.74) is -0.125. The predicted octanol–water partition coefficient (Wildman–Crippen LogP) is -1.01. The van der Waals surface area contributed by atoms with Crippen LogP contribution in [-0.2, 0) is 14.3 Å². The van der Waals surface area contributed by atoms with Crippen LogP contribution in [0.4, 0.5) is 0 Å². The molecule has 4 N–H and O–H groups in total. The minimum absolute atomic E-state index is 0.125. The highest BCUT2D eigenvalue weighted by atomic mass is 16.7. The van der Waals surface area contributed by atoms with Gasteiger partial charge in [-0.1, -0.05) is 20.8 Å². The molecule has 0 radical (unpaired) electrons. The van der Waals surface area contributed by atoms with Gasteiger partial charge in [0, 0.05) is 6.92 Å². The average molecular weight is 291 g/mol. The Balaban J connectivity index is 2.80. The van der Waals surface area contributed by atoms with E-state index in [9.17, 15) is 15.0 Å². The number of aliphatic hydroxyl groups is 3. The molecule has 1 rings (SSSR count). The molecule has 1 fully saturated rings. The second kappa shape index (κ2) is 6.82. The number of rotatable bonds is 4. The van der Waals surface area contributed by atoms with Crippen molar-refractivity contribution >= 4 is 5.91 Å². The highest BCUT2D eigenvalue weighted by Crippen LogP contribution is 2.24. The molecular weight excluding hydrogens is 266 g/mol. The van der Waals surface area contributed by atoms with Gasteiger partial charge in [-0.25, -0.2) is 0 Å². The maximum absolute atomic E-state index is 11.2. The van der Waals surface area contributed by atoms with Crippen molar-refractivity contribution in [1.29, 1.82) is 0 Å². The third kappa shape index (κ3) is 4.68. The minimum atomic E-state index is -1.29. The summed E-state index contributed by atoms with van der Waals surface area (Å²) in [6.45, 7) is 7.11. The van der Waals surface area contributed by atoms with Gasteiger partial charge in [-0.3, -0.25) is 4.79 Å².